The molecule has 1 heterocycles. The molecule has 6 heteroatoms. The summed E-state index contributed by atoms with van der Waals surface area (Å²) in [5.41, 5.74) is 0.571. The van der Waals surface area contributed by atoms with Gasteiger partial charge < -0.3 is 4.74 Å². The Hall–Kier alpha value is -1.04. The molecule has 0 radical (unpaired) electrons. The average Bonchev–Trinajstić information content (AvgIpc) is 2.76. The Bertz CT molecular complexity index is 644. The zero-order valence-corrected chi connectivity index (χ0v) is 20.0. The van der Waals surface area contributed by atoms with Crippen molar-refractivity contribution in [3.63, 3.8) is 0 Å². The lowest BCUT2D eigenvalue weighted by atomic mass is 9.76. The maximum absolute atomic E-state index is 14.0. The first-order chi connectivity index (χ1) is 15.0. The molecule has 0 aromatic heterocycles. The Balaban J connectivity index is 1.39. The summed E-state index contributed by atoms with van der Waals surface area (Å²) < 4.78 is 56.7. The first-order valence-electron chi connectivity index (χ1n) is 12.4. The van der Waals surface area contributed by atoms with Gasteiger partial charge in [0.1, 0.15) is 0 Å². The zero-order valence-electron chi connectivity index (χ0n) is 18.9. The molecule has 1 nitrogen and oxygen atoms in total. The van der Waals surface area contributed by atoms with Crippen molar-refractivity contribution >= 4 is 8.80 Å². The second kappa shape index (κ2) is 12.3. The summed E-state index contributed by atoms with van der Waals surface area (Å²) >= 11 is 0. The van der Waals surface area contributed by atoms with Crippen molar-refractivity contribution < 1.29 is 22.3 Å². The summed E-state index contributed by atoms with van der Waals surface area (Å²) in [7, 11) is -0.431. The molecule has 3 rings (SSSR count). The Labute approximate surface area is 186 Å². The number of rotatable bonds is 10. The van der Waals surface area contributed by atoms with Crippen molar-refractivity contribution in [2.24, 2.45) is 11.8 Å². The number of alkyl halides is 2. The quantitative estimate of drug-likeness (QED) is 0.194. The van der Waals surface area contributed by atoms with Crippen LogP contribution in [-0.2, 0) is 0 Å². The van der Waals surface area contributed by atoms with Crippen molar-refractivity contribution in [2.45, 2.75) is 108 Å². The summed E-state index contributed by atoms with van der Waals surface area (Å²) in [6, 6.07) is 7.00. The van der Waals surface area contributed by atoms with E-state index in [-0.39, 0.29) is 5.92 Å². The van der Waals surface area contributed by atoms with Crippen LogP contribution >= 0.6 is 0 Å². The Morgan fingerprint density at radius 3 is 2.03 bits per heavy atom. The molecule has 0 N–H and O–H groups in total. The van der Waals surface area contributed by atoms with Gasteiger partial charge in [0.05, 0.1) is 0 Å². The van der Waals surface area contributed by atoms with Crippen LogP contribution < -0.4 is 4.74 Å². The van der Waals surface area contributed by atoms with Gasteiger partial charge in [-0.3, -0.25) is 0 Å². The molecular formula is C25H38F4OSi. The van der Waals surface area contributed by atoms with E-state index in [1.165, 1.54) is 57.1 Å². The van der Waals surface area contributed by atoms with E-state index in [9.17, 15) is 17.6 Å². The third-order valence-corrected chi connectivity index (χ3v) is 11.2. The molecular weight excluding hydrogens is 420 g/mol. The number of unbranched alkanes of at least 4 members (excludes halogenated alkanes) is 2. The van der Waals surface area contributed by atoms with Crippen LogP contribution in [0.15, 0.2) is 12.1 Å². The molecule has 176 valence electrons. The minimum Gasteiger partial charge on any atom is -0.429 e. The van der Waals surface area contributed by atoms with Crippen molar-refractivity contribution in [3.05, 3.63) is 29.3 Å². The smallest absolute Gasteiger partial charge is 0.387 e. The van der Waals surface area contributed by atoms with Gasteiger partial charge in [-0.25, -0.2) is 8.78 Å². The van der Waals surface area contributed by atoms with E-state index < -0.39 is 32.8 Å². The number of halogens is 4. The lowest BCUT2D eigenvalue weighted by molar-refractivity contribution is -0.0546. The SMILES string of the molecule is CCCCC[SiH]1CCC(CC[C@H]2CC[C@H](c3cc(F)c(OC(F)F)c(F)c3)CC2)CC1. The van der Waals surface area contributed by atoms with E-state index in [0.717, 1.165) is 31.6 Å². The molecule has 31 heavy (non-hydrogen) atoms. The molecule has 2 aliphatic rings. The Morgan fingerprint density at radius 2 is 1.48 bits per heavy atom. The standard InChI is InChI=1S/C25H38F4OSi/c1-2-3-4-13-31-14-11-19(12-15-31)6-5-18-7-9-20(10-8-18)21-16-22(26)24(23(27)17-21)30-25(28)29/h16-20,25,31H,2-15H2,1H3/t18-,19?,20-,31?. The first-order valence-corrected chi connectivity index (χ1v) is 14.8. The normalized spacial score (nSPS) is 26.9. The first kappa shape index (κ1) is 24.6. The van der Waals surface area contributed by atoms with Crippen molar-refractivity contribution in [2.75, 3.05) is 0 Å². The summed E-state index contributed by atoms with van der Waals surface area (Å²) in [4.78, 5) is 0. The van der Waals surface area contributed by atoms with Gasteiger partial charge >= 0.3 is 6.61 Å². The van der Waals surface area contributed by atoms with Gasteiger partial charge in [-0.2, -0.15) is 8.78 Å². The summed E-state index contributed by atoms with van der Waals surface area (Å²) in [5, 5.41) is 0. The fourth-order valence-electron chi connectivity index (χ4n) is 5.76. The van der Waals surface area contributed by atoms with Gasteiger partial charge in [0.2, 0.25) is 0 Å². The molecule has 0 spiro atoms. The third kappa shape index (κ3) is 7.50. The monoisotopic (exact) mass is 458 g/mol. The highest BCUT2D eigenvalue weighted by atomic mass is 28.3. The predicted molar refractivity (Wildman–Crippen MR) is 121 cm³/mol. The van der Waals surface area contributed by atoms with Gasteiger partial charge in [0.15, 0.2) is 17.4 Å². The number of hydrogen-bond donors (Lipinski definition) is 0. The summed E-state index contributed by atoms with van der Waals surface area (Å²) in [5.74, 6) is -1.32. The molecule has 1 saturated carbocycles. The van der Waals surface area contributed by atoms with Crippen LogP contribution in [0.1, 0.15) is 89.0 Å². The van der Waals surface area contributed by atoms with Gasteiger partial charge in [-0.05, 0) is 61.1 Å². The van der Waals surface area contributed by atoms with Crippen molar-refractivity contribution in [1.29, 1.82) is 0 Å². The van der Waals surface area contributed by atoms with E-state index in [4.69, 9.17) is 0 Å². The average molecular weight is 459 g/mol. The minimum absolute atomic E-state index is 0.102. The summed E-state index contributed by atoms with van der Waals surface area (Å²) in [6.45, 7) is -0.951. The van der Waals surface area contributed by atoms with Crippen LogP contribution in [0.5, 0.6) is 5.75 Å². The van der Waals surface area contributed by atoms with Crippen LogP contribution in [0.4, 0.5) is 17.6 Å². The van der Waals surface area contributed by atoms with Crippen molar-refractivity contribution in [1.82, 2.24) is 0 Å². The molecule has 0 atom stereocenters. The second-order valence-electron chi connectivity index (χ2n) is 9.87. The molecule has 0 bridgehead atoms. The molecule has 1 aromatic carbocycles. The molecule has 0 amide bonds. The van der Waals surface area contributed by atoms with Gasteiger partial charge in [-0.1, -0.05) is 70.0 Å². The number of ether oxygens (including phenoxy) is 1. The number of benzene rings is 1. The highest BCUT2D eigenvalue weighted by Gasteiger charge is 2.27. The lowest BCUT2D eigenvalue weighted by Crippen LogP contribution is -2.22. The maximum atomic E-state index is 14.0. The van der Waals surface area contributed by atoms with Gasteiger partial charge in [-0.15, -0.1) is 0 Å². The maximum Gasteiger partial charge on any atom is 0.387 e. The minimum atomic E-state index is -3.23. The topological polar surface area (TPSA) is 9.23 Å². The second-order valence-corrected chi connectivity index (χ2v) is 13.3. The molecule has 1 aliphatic carbocycles. The van der Waals surface area contributed by atoms with Crippen LogP contribution in [0.2, 0.25) is 18.1 Å². The van der Waals surface area contributed by atoms with E-state index in [0.29, 0.717) is 11.5 Å². The van der Waals surface area contributed by atoms with Crippen LogP contribution in [-0.4, -0.2) is 15.4 Å². The van der Waals surface area contributed by atoms with E-state index in [1.807, 2.05) is 0 Å². The number of hydrogen-bond acceptors (Lipinski definition) is 1. The third-order valence-electron chi connectivity index (χ3n) is 7.71. The molecule has 2 fully saturated rings. The Kier molecular flexibility index (Phi) is 9.73. The van der Waals surface area contributed by atoms with Gasteiger partial charge in [0.25, 0.3) is 0 Å². The zero-order chi connectivity index (χ0) is 22.2. The van der Waals surface area contributed by atoms with Gasteiger partial charge in [0, 0.05) is 8.80 Å². The van der Waals surface area contributed by atoms with E-state index >= 15 is 0 Å². The summed E-state index contributed by atoms with van der Waals surface area (Å²) in [6.07, 6.45) is 13.7. The van der Waals surface area contributed by atoms with Crippen molar-refractivity contribution in [3.8, 4) is 5.75 Å². The fourth-order valence-corrected chi connectivity index (χ4v) is 9.38. The van der Waals surface area contributed by atoms with Crippen LogP contribution in [0, 0.1) is 23.5 Å². The largest absolute Gasteiger partial charge is 0.429 e. The predicted octanol–water partition coefficient (Wildman–Crippen LogP) is 8.45. The molecule has 1 saturated heterocycles. The fraction of sp³-hybridized carbons (Fsp3) is 0.760. The highest BCUT2D eigenvalue weighted by molar-refractivity contribution is 6.58. The lowest BCUT2D eigenvalue weighted by Gasteiger charge is -2.32. The highest BCUT2D eigenvalue weighted by Crippen LogP contribution is 2.41. The molecule has 1 aliphatic heterocycles. The van der Waals surface area contributed by atoms with E-state index in [2.05, 4.69) is 11.7 Å². The molecule has 1 aromatic rings. The van der Waals surface area contributed by atoms with E-state index in [1.54, 1.807) is 18.1 Å². The molecule has 0 unspecified atom stereocenters. The van der Waals surface area contributed by atoms with Crippen LogP contribution in [0.3, 0.4) is 0 Å². The van der Waals surface area contributed by atoms with Crippen LogP contribution in [0.25, 0.3) is 0 Å². The Morgan fingerprint density at radius 1 is 0.903 bits per heavy atom.